The van der Waals surface area contributed by atoms with Gasteiger partial charge in [-0.15, -0.1) is 49.0 Å². The third-order valence-corrected chi connectivity index (χ3v) is 16.7. The van der Waals surface area contributed by atoms with Crippen molar-refractivity contribution >= 4 is 45.8 Å². The molecule has 0 spiro atoms. The van der Waals surface area contributed by atoms with Crippen LogP contribution in [-0.2, 0) is 28.4 Å². The quantitative estimate of drug-likeness (QED) is 0.0980. The number of pyridine rings is 1. The molecule has 2 atom stereocenters. The van der Waals surface area contributed by atoms with Gasteiger partial charge in [-0.25, -0.2) is 24.7 Å². The van der Waals surface area contributed by atoms with E-state index in [4.69, 9.17) is 9.72 Å². The fourth-order valence-electron chi connectivity index (χ4n) is 10.6. The highest BCUT2D eigenvalue weighted by Gasteiger charge is 2.49. The summed E-state index contributed by atoms with van der Waals surface area (Å²) in [6.45, 7) is 4.59. The van der Waals surface area contributed by atoms with E-state index in [1.165, 1.54) is 39.7 Å². The zero-order valence-electron chi connectivity index (χ0n) is 41.6. The molecule has 10 rings (SSSR count). The molecule has 0 bridgehead atoms. The van der Waals surface area contributed by atoms with Crippen molar-refractivity contribution in [2.75, 3.05) is 26.2 Å². The number of ether oxygens (including phenoxy) is 3. The lowest BCUT2D eigenvalue weighted by molar-refractivity contribution is -0.277. The molecule has 2 saturated heterocycles. The van der Waals surface area contributed by atoms with E-state index in [0.29, 0.717) is 84.9 Å². The maximum atomic E-state index is 14.8. The molecule has 12 nitrogen and oxygen atoms in total. The van der Waals surface area contributed by atoms with Crippen molar-refractivity contribution in [1.82, 2.24) is 34.3 Å². The molecule has 0 radical (unpaired) electrons. The minimum atomic E-state index is -5.45. The molecular formula is C52H49F12N7O5S2. The van der Waals surface area contributed by atoms with Crippen LogP contribution in [0.5, 0.6) is 11.5 Å². The number of alkyl halides is 12. The number of benzene rings is 2. The summed E-state index contributed by atoms with van der Waals surface area (Å²) in [5, 5.41) is 4.34. The SMILES string of the molecule is CC(C)(CCC1CC1c1cc(-c2csc(C3CCN(C(=O)Cn4cnc5cccnc54)CC3)n2)cc(OC(F)(F)F)c1C(F)(F)F)OC(=O)N1CCC(c2nc(-c3cc(OC(F)(F)F)c(C(F)(F)F)c(C4CC4)c3)cs2)CC1. The fourth-order valence-corrected chi connectivity index (χ4v) is 12.6. The number of fused-ring (bicyclic) bond motifs is 1. The van der Waals surface area contributed by atoms with Gasteiger partial charge >= 0.3 is 31.2 Å². The summed E-state index contributed by atoms with van der Waals surface area (Å²) in [5.74, 6) is -4.96. The highest BCUT2D eigenvalue weighted by atomic mass is 32.1. The Bertz CT molecular complexity index is 3180. The van der Waals surface area contributed by atoms with E-state index < -0.39 is 77.2 Å². The van der Waals surface area contributed by atoms with Crippen molar-refractivity contribution in [3.8, 4) is 34.0 Å². The monoisotopic (exact) mass is 1140 g/mol. The van der Waals surface area contributed by atoms with Gasteiger partial charge in [0.2, 0.25) is 5.91 Å². The highest BCUT2D eigenvalue weighted by Crippen LogP contribution is 2.57. The number of piperidine rings is 2. The number of likely N-dealkylation sites (tertiary alicyclic amines) is 2. The van der Waals surface area contributed by atoms with Gasteiger partial charge in [0.25, 0.3) is 0 Å². The summed E-state index contributed by atoms with van der Waals surface area (Å²) in [7, 11) is 0. The smallest absolute Gasteiger partial charge is 0.443 e. The number of hydrogen-bond donors (Lipinski definition) is 0. The minimum absolute atomic E-state index is 0.0164. The number of thiazole rings is 2. The van der Waals surface area contributed by atoms with Gasteiger partial charge in [0.15, 0.2) is 5.65 Å². The zero-order valence-corrected chi connectivity index (χ0v) is 43.2. The lowest BCUT2D eigenvalue weighted by Gasteiger charge is -2.34. The van der Waals surface area contributed by atoms with E-state index in [-0.39, 0.29) is 90.3 Å². The van der Waals surface area contributed by atoms with E-state index in [1.54, 1.807) is 58.7 Å². The molecule has 2 saturated carbocycles. The molecule has 418 valence electrons. The van der Waals surface area contributed by atoms with Crippen LogP contribution in [0.2, 0.25) is 0 Å². The number of halogens is 12. The van der Waals surface area contributed by atoms with E-state index in [1.807, 2.05) is 0 Å². The third kappa shape index (κ3) is 12.6. The van der Waals surface area contributed by atoms with Gasteiger partial charge in [-0.3, -0.25) is 4.79 Å². The standard InChI is InChI=1S/C52H49F12N7O5S2/c1-48(2,76-47(73)70-16-10-29(11-17-70)46-67-37(24-77-46)31-19-34(27-5-6-27)42(49(53,54)55)39(21-31)74-51(59,60)61)12-7-30-18-33(30)35-20-32(22-40(75-52(62,63)64)43(35)50(56,57)58)38-25-78-45(68-38)28-8-14-69(15-9-28)41(72)23-71-26-66-36-4-3-13-65-44(36)71/h3-4,13,19-22,24-30,33H,5-12,14-18,23H2,1-2H3. The van der Waals surface area contributed by atoms with E-state index in [0.717, 1.165) is 0 Å². The van der Waals surface area contributed by atoms with Gasteiger partial charge in [-0.1, -0.05) is 0 Å². The molecule has 6 heterocycles. The van der Waals surface area contributed by atoms with Crippen molar-refractivity contribution in [3.63, 3.8) is 0 Å². The predicted octanol–water partition coefficient (Wildman–Crippen LogP) is 14.5. The highest BCUT2D eigenvalue weighted by molar-refractivity contribution is 7.10. The topological polar surface area (TPSA) is 125 Å². The van der Waals surface area contributed by atoms with Crippen molar-refractivity contribution in [2.24, 2.45) is 5.92 Å². The Morgan fingerprint density at radius 2 is 1.19 bits per heavy atom. The molecule has 4 fully saturated rings. The Labute approximate surface area is 445 Å². The number of rotatable bonds is 14. The first-order chi connectivity index (χ1) is 36.7. The van der Waals surface area contributed by atoms with E-state index in [9.17, 15) is 62.3 Å². The third-order valence-electron chi connectivity index (χ3n) is 14.7. The van der Waals surface area contributed by atoms with Crippen molar-refractivity contribution in [1.29, 1.82) is 0 Å². The molecule has 2 aliphatic carbocycles. The molecule has 6 aromatic rings. The van der Waals surface area contributed by atoms with Gasteiger partial charge in [-0.05, 0) is 137 Å². The molecule has 78 heavy (non-hydrogen) atoms. The minimum Gasteiger partial charge on any atom is -0.443 e. The molecule has 2 unspecified atom stereocenters. The van der Waals surface area contributed by atoms with Crippen LogP contribution in [0, 0.1) is 5.92 Å². The summed E-state index contributed by atoms with van der Waals surface area (Å²) in [6.07, 6.45) is -15.3. The molecule has 0 N–H and O–H groups in total. The Morgan fingerprint density at radius 3 is 1.72 bits per heavy atom. The first kappa shape index (κ1) is 55.1. The number of nitrogens with zero attached hydrogens (tertiary/aromatic N) is 7. The Balaban J connectivity index is 0.760. The summed E-state index contributed by atoms with van der Waals surface area (Å²) >= 11 is 2.42. The Hall–Kier alpha value is -6.18. The molecule has 4 aliphatic rings. The number of hydrogen-bond acceptors (Lipinski definition) is 11. The normalized spacial score (nSPS) is 19.2. The van der Waals surface area contributed by atoms with Gasteiger partial charge in [0, 0.05) is 66.1 Å². The van der Waals surface area contributed by atoms with Crippen LogP contribution in [0.4, 0.5) is 57.5 Å². The van der Waals surface area contributed by atoms with Crippen molar-refractivity contribution in [3.05, 3.63) is 92.0 Å². The van der Waals surface area contributed by atoms with Crippen LogP contribution in [0.25, 0.3) is 33.7 Å². The first-order valence-electron chi connectivity index (χ1n) is 25.1. The maximum absolute atomic E-state index is 14.8. The molecule has 4 aromatic heterocycles. The first-order valence-corrected chi connectivity index (χ1v) is 26.9. The Kier molecular flexibility index (Phi) is 14.7. The summed E-state index contributed by atoms with van der Waals surface area (Å²) < 4.78 is 184. The Morgan fingerprint density at radius 1 is 0.667 bits per heavy atom. The summed E-state index contributed by atoms with van der Waals surface area (Å²) in [6, 6.07) is 7.41. The zero-order chi connectivity index (χ0) is 55.7. The van der Waals surface area contributed by atoms with Gasteiger partial charge in [0.1, 0.15) is 40.3 Å². The number of aromatic nitrogens is 5. The molecular weight excluding hydrogens is 1090 g/mol. The lowest BCUT2D eigenvalue weighted by Crippen LogP contribution is -2.42. The van der Waals surface area contributed by atoms with E-state index in [2.05, 4.69) is 24.4 Å². The summed E-state index contributed by atoms with van der Waals surface area (Å²) in [4.78, 5) is 47.8. The number of carbonyl (C=O) groups excluding carboxylic acids is 2. The second-order valence-electron chi connectivity index (χ2n) is 20.8. The van der Waals surface area contributed by atoms with Crippen LogP contribution < -0.4 is 9.47 Å². The van der Waals surface area contributed by atoms with Gasteiger partial charge < -0.3 is 28.6 Å². The van der Waals surface area contributed by atoms with Gasteiger partial charge in [0.05, 0.1) is 27.7 Å². The molecule has 2 amide bonds. The number of carbonyl (C=O) groups is 2. The van der Waals surface area contributed by atoms with Gasteiger partial charge in [-0.2, -0.15) is 26.3 Å². The van der Waals surface area contributed by atoms with Crippen molar-refractivity contribution < 1.29 is 76.5 Å². The largest absolute Gasteiger partial charge is 0.573 e. The average molecular weight is 1140 g/mol. The number of imidazole rings is 1. The predicted molar refractivity (Wildman–Crippen MR) is 261 cm³/mol. The molecule has 26 heteroatoms. The van der Waals surface area contributed by atoms with Crippen LogP contribution >= 0.6 is 22.7 Å². The van der Waals surface area contributed by atoms with Crippen LogP contribution in [0.15, 0.2) is 59.7 Å². The summed E-state index contributed by atoms with van der Waals surface area (Å²) in [5.41, 5.74) is -3.10. The number of amides is 2. The lowest BCUT2D eigenvalue weighted by atomic mass is 9.94. The maximum Gasteiger partial charge on any atom is 0.573 e. The van der Waals surface area contributed by atoms with Crippen LogP contribution in [0.3, 0.4) is 0 Å². The van der Waals surface area contributed by atoms with E-state index >= 15 is 0 Å². The fraction of sp³-hybridized carbons (Fsp3) is 0.500. The van der Waals surface area contributed by atoms with Crippen LogP contribution in [-0.4, -0.2) is 90.8 Å². The second kappa shape index (κ2) is 20.8. The van der Waals surface area contributed by atoms with Crippen LogP contribution in [0.1, 0.15) is 128 Å². The average Bonchev–Trinajstić information content (AvgIpc) is 4.38. The molecule has 2 aliphatic heterocycles. The molecule has 2 aromatic carbocycles. The second-order valence-corrected chi connectivity index (χ2v) is 22.6. The van der Waals surface area contributed by atoms with Crippen molar-refractivity contribution in [2.45, 2.75) is 133 Å².